The summed E-state index contributed by atoms with van der Waals surface area (Å²) in [5, 5.41) is 5.90. The van der Waals surface area contributed by atoms with Crippen molar-refractivity contribution in [3.63, 3.8) is 0 Å². The SMILES string of the molecule is Cc1cccc(-c2nc(CCNC(=O)/C=C/c3ccco3)cs2)c1. The minimum atomic E-state index is -0.138. The molecule has 0 spiro atoms. The lowest BCUT2D eigenvalue weighted by Gasteiger charge is -2.00. The summed E-state index contributed by atoms with van der Waals surface area (Å²) in [4.78, 5) is 16.4. The molecule has 0 saturated carbocycles. The Bertz CT molecular complexity index is 835. The first-order valence-electron chi connectivity index (χ1n) is 7.71. The van der Waals surface area contributed by atoms with E-state index in [0.717, 1.165) is 16.3 Å². The van der Waals surface area contributed by atoms with E-state index in [0.29, 0.717) is 18.7 Å². The van der Waals surface area contributed by atoms with Crippen molar-refractivity contribution in [1.82, 2.24) is 10.3 Å². The van der Waals surface area contributed by atoms with Crippen LogP contribution in [0.3, 0.4) is 0 Å². The zero-order chi connectivity index (χ0) is 16.8. The lowest BCUT2D eigenvalue weighted by molar-refractivity contribution is -0.116. The largest absolute Gasteiger partial charge is 0.465 e. The van der Waals surface area contributed by atoms with Crippen LogP contribution >= 0.6 is 11.3 Å². The number of nitrogens with one attached hydrogen (secondary N) is 1. The van der Waals surface area contributed by atoms with Crippen LogP contribution in [0.1, 0.15) is 17.0 Å². The summed E-state index contributed by atoms with van der Waals surface area (Å²) in [6.45, 7) is 2.63. The first kappa shape index (κ1) is 16.2. The van der Waals surface area contributed by atoms with Gasteiger partial charge in [-0.3, -0.25) is 4.79 Å². The van der Waals surface area contributed by atoms with Gasteiger partial charge >= 0.3 is 0 Å². The van der Waals surface area contributed by atoms with Gasteiger partial charge in [0.1, 0.15) is 10.8 Å². The van der Waals surface area contributed by atoms with Gasteiger partial charge in [-0.25, -0.2) is 4.98 Å². The van der Waals surface area contributed by atoms with Crippen LogP contribution in [0.2, 0.25) is 0 Å². The Morgan fingerprint density at radius 2 is 2.25 bits per heavy atom. The third-order valence-electron chi connectivity index (χ3n) is 3.44. The normalized spacial score (nSPS) is 11.0. The fourth-order valence-corrected chi connectivity index (χ4v) is 3.10. The molecule has 1 amide bonds. The molecule has 2 heterocycles. The second-order valence-electron chi connectivity index (χ2n) is 5.40. The molecule has 0 saturated heterocycles. The molecule has 1 aromatic carbocycles. The van der Waals surface area contributed by atoms with Crippen molar-refractivity contribution in [2.24, 2.45) is 0 Å². The number of furan rings is 1. The van der Waals surface area contributed by atoms with E-state index in [1.807, 2.05) is 11.4 Å². The Hall–Kier alpha value is -2.66. The second-order valence-corrected chi connectivity index (χ2v) is 6.26. The van der Waals surface area contributed by atoms with Crippen molar-refractivity contribution in [2.45, 2.75) is 13.3 Å². The zero-order valence-electron chi connectivity index (χ0n) is 13.4. The summed E-state index contributed by atoms with van der Waals surface area (Å²) in [5.41, 5.74) is 3.35. The highest BCUT2D eigenvalue weighted by Gasteiger charge is 2.05. The van der Waals surface area contributed by atoms with E-state index in [4.69, 9.17) is 4.42 Å². The quantitative estimate of drug-likeness (QED) is 0.689. The van der Waals surface area contributed by atoms with Crippen LogP contribution in [0.4, 0.5) is 0 Å². The van der Waals surface area contributed by atoms with Crippen molar-refractivity contribution in [1.29, 1.82) is 0 Å². The fraction of sp³-hybridized carbons (Fsp3) is 0.158. The van der Waals surface area contributed by atoms with Crippen LogP contribution in [0.15, 0.2) is 58.5 Å². The van der Waals surface area contributed by atoms with Gasteiger partial charge in [-0.2, -0.15) is 0 Å². The van der Waals surface area contributed by atoms with Crippen molar-refractivity contribution in [3.05, 3.63) is 71.1 Å². The molecule has 0 aliphatic heterocycles. The molecule has 0 aliphatic rings. The summed E-state index contributed by atoms with van der Waals surface area (Å²) in [6.07, 6.45) is 5.40. The Kier molecular flexibility index (Phi) is 5.23. The van der Waals surface area contributed by atoms with E-state index in [1.54, 1.807) is 35.8 Å². The van der Waals surface area contributed by atoms with Crippen molar-refractivity contribution in [3.8, 4) is 10.6 Å². The van der Waals surface area contributed by atoms with E-state index < -0.39 is 0 Å². The number of hydrogen-bond donors (Lipinski definition) is 1. The molecular weight excluding hydrogens is 320 g/mol. The third kappa shape index (κ3) is 4.43. The Morgan fingerprint density at radius 3 is 3.04 bits per heavy atom. The van der Waals surface area contributed by atoms with Gasteiger partial charge in [0.05, 0.1) is 12.0 Å². The molecule has 2 aromatic heterocycles. The molecule has 4 nitrogen and oxygen atoms in total. The topological polar surface area (TPSA) is 55.1 Å². The van der Waals surface area contributed by atoms with Gasteiger partial charge < -0.3 is 9.73 Å². The van der Waals surface area contributed by atoms with Gasteiger partial charge in [0, 0.05) is 30.0 Å². The predicted molar refractivity (Wildman–Crippen MR) is 96.7 cm³/mol. The first-order valence-corrected chi connectivity index (χ1v) is 8.59. The van der Waals surface area contributed by atoms with Crippen LogP contribution in [0.5, 0.6) is 0 Å². The third-order valence-corrected chi connectivity index (χ3v) is 4.38. The number of benzene rings is 1. The number of aryl methyl sites for hydroxylation is 1. The lowest BCUT2D eigenvalue weighted by atomic mass is 10.1. The van der Waals surface area contributed by atoms with Crippen LogP contribution in [0.25, 0.3) is 16.6 Å². The van der Waals surface area contributed by atoms with E-state index in [9.17, 15) is 4.79 Å². The number of nitrogens with zero attached hydrogens (tertiary/aromatic N) is 1. The van der Waals surface area contributed by atoms with Crippen molar-refractivity contribution >= 4 is 23.3 Å². The monoisotopic (exact) mass is 338 g/mol. The smallest absolute Gasteiger partial charge is 0.244 e. The highest BCUT2D eigenvalue weighted by molar-refractivity contribution is 7.13. The van der Waals surface area contributed by atoms with E-state index in [2.05, 4.69) is 35.4 Å². The fourth-order valence-electron chi connectivity index (χ4n) is 2.25. The summed E-state index contributed by atoms with van der Waals surface area (Å²) < 4.78 is 5.14. The van der Waals surface area contributed by atoms with E-state index in [-0.39, 0.29) is 5.91 Å². The van der Waals surface area contributed by atoms with Gasteiger partial charge in [-0.05, 0) is 31.2 Å². The molecule has 0 radical (unpaired) electrons. The average Bonchev–Trinajstić information content (AvgIpc) is 3.25. The molecule has 24 heavy (non-hydrogen) atoms. The molecule has 0 unspecified atom stereocenters. The summed E-state index contributed by atoms with van der Waals surface area (Å²) in [6, 6.07) is 11.9. The van der Waals surface area contributed by atoms with Crippen LogP contribution in [-0.2, 0) is 11.2 Å². The minimum absolute atomic E-state index is 0.138. The van der Waals surface area contributed by atoms with Gasteiger partial charge in [-0.1, -0.05) is 23.8 Å². The number of hydrogen-bond acceptors (Lipinski definition) is 4. The number of carbonyl (C=O) groups is 1. The lowest BCUT2D eigenvalue weighted by Crippen LogP contribution is -2.23. The standard InChI is InChI=1S/C19H18N2O2S/c1-14-4-2-5-15(12-14)19-21-16(13-24-19)9-10-20-18(22)8-7-17-6-3-11-23-17/h2-8,11-13H,9-10H2,1H3,(H,20,22)/b8-7+. The molecule has 5 heteroatoms. The second kappa shape index (κ2) is 7.75. The highest BCUT2D eigenvalue weighted by atomic mass is 32.1. The highest BCUT2D eigenvalue weighted by Crippen LogP contribution is 2.24. The maximum atomic E-state index is 11.7. The number of carbonyl (C=O) groups excluding carboxylic acids is 1. The Morgan fingerprint density at radius 1 is 1.33 bits per heavy atom. The summed E-state index contributed by atoms with van der Waals surface area (Å²) in [5.74, 6) is 0.521. The molecule has 1 N–H and O–H groups in total. The van der Waals surface area contributed by atoms with Crippen molar-refractivity contribution in [2.75, 3.05) is 6.54 Å². The number of rotatable bonds is 6. The molecule has 0 bridgehead atoms. The summed E-state index contributed by atoms with van der Waals surface area (Å²) >= 11 is 1.63. The Labute approximate surface area is 144 Å². The molecule has 0 atom stereocenters. The molecule has 0 fully saturated rings. The molecular formula is C19H18N2O2S. The Balaban J connectivity index is 1.50. The first-order chi connectivity index (χ1) is 11.7. The van der Waals surface area contributed by atoms with Crippen LogP contribution in [-0.4, -0.2) is 17.4 Å². The van der Waals surface area contributed by atoms with E-state index >= 15 is 0 Å². The van der Waals surface area contributed by atoms with Gasteiger partial charge in [0.25, 0.3) is 0 Å². The van der Waals surface area contributed by atoms with Gasteiger partial charge in [0.15, 0.2) is 0 Å². The molecule has 122 valence electrons. The van der Waals surface area contributed by atoms with Crippen LogP contribution in [0, 0.1) is 6.92 Å². The van der Waals surface area contributed by atoms with Gasteiger partial charge in [0.2, 0.25) is 5.91 Å². The average molecular weight is 338 g/mol. The zero-order valence-corrected chi connectivity index (χ0v) is 14.2. The number of aromatic nitrogens is 1. The molecule has 3 rings (SSSR count). The van der Waals surface area contributed by atoms with Crippen molar-refractivity contribution < 1.29 is 9.21 Å². The van der Waals surface area contributed by atoms with Crippen LogP contribution < -0.4 is 5.32 Å². The van der Waals surface area contributed by atoms with E-state index in [1.165, 1.54) is 11.6 Å². The maximum Gasteiger partial charge on any atom is 0.244 e. The predicted octanol–water partition coefficient (Wildman–Crippen LogP) is 4.08. The summed E-state index contributed by atoms with van der Waals surface area (Å²) in [7, 11) is 0. The number of amides is 1. The molecule has 0 aliphatic carbocycles. The minimum Gasteiger partial charge on any atom is -0.465 e. The molecule has 3 aromatic rings. The maximum absolute atomic E-state index is 11.7. The number of thiazole rings is 1. The van der Waals surface area contributed by atoms with Gasteiger partial charge in [-0.15, -0.1) is 11.3 Å².